The Labute approximate surface area is 144 Å². The summed E-state index contributed by atoms with van der Waals surface area (Å²) in [4.78, 5) is 15.2. The van der Waals surface area contributed by atoms with Crippen LogP contribution in [0.15, 0.2) is 6.07 Å². The standard InChI is InChI=1S/C18H30N4O2/c1-13(2)9-14-10-16(21(3)20-14)18(23)19-15-11-24-12-17(15)22-7-5-4-6-8-22/h10,13,15,17H,4-9,11-12H2,1-3H3,(H,19,23). The van der Waals surface area contributed by atoms with Crippen LogP contribution in [0.25, 0.3) is 0 Å². The van der Waals surface area contributed by atoms with Crippen molar-refractivity contribution in [2.24, 2.45) is 13.0 Å². The molecule has 1 aromatic rings. The molecule has 3 rings (SSSR count). The van der Waals surface area contributed by atoms with E-state index in [1.807, 2.05) is 13.1 Å². The fourth-order valence-electron chi connectivity index (χ4n) is 3.79. The van der Waals surface area contributed by atoms with Crippen molar-refractivity contribution in [3.8, 4) is 0 Å². The van der Waals surface area contributed by atoms with Crippen molar-refractivity contribution in [2.45, 2.75) is 51.6 Å². The molecule has 0 saturated carbocycles. The summed E-state index contributed by atoms with van der Waals surface area (Å²) >= 11 is 0. The number of nitrogens with one attached hydrogen (secondary N) is 1. The molecule has 1 amide bonds. The number of hydrogen-bond acceptors (Lipinski definition) is 4. The Bertz CT molecular complexity index is 563. The molecule has 0 bridgehead atoms. The average molecular weight is 334 g/mol. The molecule has 6 nitrogen and oxygen atoms in total. The van der Waals surface area contributed by atoms with Crippen LogP contribution in [0.4, 0.5) is 0 Å². The highest BCUT2D eigenvalue weighted by Gasteiger charge is 2.35. The van der Waals surface area contributed by atoms with Crippen LogP contribution in [0.1, 0.15) is 49.3 Å². The van der Waals surface area contributed by atoms with E-state index in [0.29, 0.717) is 24.3 Å². The van der Waals surface area contributed by atoms with Gasteiger partial charge in [-0.1, -0.05) is 20.3 Å². The van der Waals surface area contributed by atoms with Crippen molar-refractivity contribution in [2.75, 3.05) is 26.3 Å². The SMILES string of the molecule is CC(C)Cc1cc(C(=O)NC2COCC2N2CCCCC2)n(C)n1. The molecule has 2 unspecified atom stereocenters. The number of carbonyl (C=O) groups excluding carboxylic acids is 1. The summed E-state index contributed by atoms with van der Waals surface area (Å²) in [6.45, 7) is 7.87. The highest BCUT2D eigenvalue weighted by molar-refractivity contribution is 5.93. The predicted octanol–water partition coefficient (Wildman–Crippen LogP) is 1.60. The summed E-state index contributed by atoms with van der Waals surface area (Å²) < 4.78 is 7.36. The van der Waals surface area contributed by atoms with Gasteiger partial charge in [-0.3, -0.25) is 14.4 Å². The highest BCUT2D eigenvalue weighted by Crippen LogP contribution is 2.19. The number of aromatic nitrogens is 2. The number of hydrogen-bond donors (Lipinski definition) is 1. The van der Waals surface area contributed by atoms with E-state index in [0.717, 1.165) is 31.8 Å². The van der Waals surface area contributed by atoms with Crippen molar-refractivity contribution < 1.29 is 9.53 Å². The Morgan fingerprint density at radius 2 is 2.08 bits per heavy atom. The maximum atomic E-state index is 12.7. The van der Waals surface area contributed by atoms with Gasteiger partial charge in [-0.05, 0) is 44.3 Å². The van der Waals surface area contributed by atoms with Gasteiger partial charge < -0.3 is 10.1 Å². The summed E-state index contributed by atoms with van der Waals surface area (Å²) in [5, 5.41) is 7.65. The van der Waals surface area contributed by atoms with Crippen LogP contribution in [-0.2, 0) is 18.2 Å². The van der Waals surface area contributed by atoms with E-state index in [4.69, 9.17) is 4.74 Å². The zero-order valence-corrected chi connectivity index (χ0v) is 15.1. The van der Waals surface area contributed by atoms with E-state index < -0.39 is 0 Å². The van der Waals surface area contributed by atoms with Crippen molar-refractivity contribution in [3.63, 3.8) is 0 Å². The minimum absolute atomic E-state index is 0.0440. The highest BCUT2D eigenvalue weighted by atomic mass is 16.5. The molecule has 2 atom stereocenters. The minimum Gasteiger partial charge on any atom is -0.378 e. The van der Waals surface area contributed by atoms with Crippen molar-refractivity contribution in [1.29, 1.82) is 0 Å². The van der Waals surface area contributed by atoms with Gasteiger partial charge in [0.2, 0.25) is 0 Å². The largest absolute Gasteiger partial charge is 0.378 e. The lowest BCUT2D eigenvalue weighted by molar-refractivity contribution is 0.0890. The maximum Gasteiger partial charge on any atom is 0.269 e. The number of ether oxygens (including phenoxy) is 1. The first-order valence-electron chi connectivity index (χ1n) is 9.20. The first kappa shape index (κ1) is 17.4. The molecule has 2 aliphatic rings. The second-order valence-electron chi connectivity index (χ2n) is 7.52. The Balaban J connectivity index is 1.64. The Kier molecular flexibility index (Phi) is 5.56. The summed E-state index contributed by atoms with van der Waals surface area (Å²) in [6, 6.07) is 2.29. The van der Waals surface area contributed by atoms with Gasteiger partial charge in [0.25, 0.3) is 5.91 Å². The zero-order valence-electron chi connectivity index (χ0n) is 15.1. The van der Waals surface area contributed by atoms with E-state index in [-0.39, 0.29) is 11.9 Å². The molecule has 24 heavy (non-hydrogen) atoms. The van der Waals surface area contributed by atoms with E-state index in [2.05, 4.69) is 29.2 Å². The number of likely N-dealkylation sites (tertiary alicyclic amines) is 1. The first-order chi connectivity index (χ1) is 11.5. The van der Waals surface area contributed by atoms with Gasteiger partial charge in [0, 0.05) is 7.05 Å². The van der Waals surface area contributed by atoms with Gasteiger partial charge in [-0.15, -0.1) is 0 Å². The third kappa shape index (κ3) is 3.98. The van der Waals surface area contributed by atoms with Gasteiger partial charge >= 0.3 is 0 Å². The number of amides is 1. The normalized spacial score (nSPS) is 25.3. The van der Waals surface area contributed by atoms with Gasteiger partial charge in [0.05, 0.1) is 31.0 Å². The Morgan fingerprint density at radius 3 is 2.79 bits per heavy atom. The molecule has 6 heteroatoms. The van der Waals surface area contributed by atoms with E-state index in [1.165, 1.54) is 19.3 Å². The van der Waals surface area contributed by atoms with Crippen LogP contribution in [0.3, 0.4) is 0 Å². The van der Waals surface area contributed by atoms with Crippen LogP contribution in [-0.4, -0.2) is 59.0 Å². The summed E-state index contributed by atoms with van der Waals surface area (Å²) in [6.07, 6.45) is 4.70. The van der Waals surface area contributed by atoms with Gasteiger partial charge in [-0.25, -0.2) is 0 Å². The lowest BCUT2D eigenvalue weighted by atomic mass is 10.0. The molecule has 2 fully saturated rings. The second-order valence-corrected chi connectivity index (χ2v) is 7.52. The zero-order chi connectivity index (χ0) is 17.1. The van der Waals surface area contributed by atoms with E-state index in [1.54, 1.807) is 4.68 Å². The maximum absolute atomic E-state index is 12.7. The summed E-state index contributed by atoms with van der Waals surface area (Å²) in [5.74, 6) is 0.486. The second kappa shape index (κ2) is 7.66. The molecule has 0 radical (unpaired) electrons. The molecule has 0 aromatic carbocycles. The fraction of sp³-hybridized carbons (Fsp3) is 0.778. The van der Waals surface area contributed by atoms with Gasteiger partial charge in [0.1, 0.15) is 5.69 Å². The Hall–Kier alpha value is -1.40. The minimum atomic E-state index is -0.0440. The summed E-state index contributed by atoms with van der Waals surface area (Å²) in [5.41, 5.74) is 1.61. The molecule has 0 aliphatic carbocycles. The van der Waals surface area contributed by atoms with Gasteiger partial charge in [-0.2, -0.15) is 5.10 Å². The first-order valence-corrected chi connectivity index (χ1v) is 9.20. The van der Waals surface area contributed by atoms with Crippen LogP contribution in [0.5, 0.6) is 0 Å². The molecular formula is C18H30N4O2. The molecule has 3 heterocycles. The fourth-order valence-corrected chi connectivity index (χ4v) is 3.79. The topological polar surface area (TPSA) is 59.4 Å². The van der Waals surface area contributed by atoms with Crippen molar-refractivity contribution >= 4 is 5.91 Å². The predicted molar refractivity (Wildman–Crippen MR) is 93.0 cm³/mol. The average Bonchev–Trinajstić information content (AvgIpc) is 3.14. The Morgan fingerprint density at radius 1 is 1.33 bits per heavy atom. The third-order valence-corrected chi connectivity index (χ3v) is 5.01. The van der Waals surface area contributed by atoms with Crippen LogP contribution < -0.4 is 5.32 Å². The smallest absolute Gasteiger partial charge is 0.269 e. The molecule has 134 valence electrons. The van der Waals surface area contributed by atoms with E-state index >= 15 is 0 Å². The third-order valence-electron chi connectivity index (χ3n) is 5.01. The molecule has 1 aromatic heterocycles. The molecule has 1 N–H and O–H groups in total. The molecule has 0 spiro atoms. The molecular weight excluding hydrogens is 304 g/mol. The number of carbonyl (C=O) groups is 1. The van der Waals surface area contributed by atoms with E-state index in [9.17, 15) is 4.79 Å². The van der Waals surface area contributed by atoms with Crippen LogP contribution >= 0.6 is 0 Å². The summed E-state index contributed by atoms with van der Waals surface area (Å²) in [7, 11) is 1.84. The van der Waals surface area contributed by atoms with Crippen molar-refractivity contribution in [1.82, 2.24) is 20.0 Å². The quantitative estimate of drug-likeness (QED) is 0.889. The molecule has 2 aliphatic heterocycles. The number of nitrogens with zero attached hydrogens (tertiary/aromatic N) is 3. The van der Waals surface area contributed by atoms with Crippen LogP contribution in [0, 0.1) is 5.92 Å². The molecule has 2 saturated heterocycles. The lowest BCUT2D eigenvalue weighted by Crippen LogP contribution is -2.52. The van der Waals surface area contributed by atoms with Crippen LogP contribution in [0.2, 0.25) is 0 Å². The number of rotatable bonds is 5. The number of piperidine rings is 1. The van der Waals surface area contributed by atoms with Crippen molar-refractivity contribution in [3.05, 3.63) is 17.5 Å². The monoisotopic (exact) mass is 334 g/mol. The van der Waals surface area contributed by atoms with Gasteiger partial charge in [0.15, 0.2) is 0 Å². The lowest BCUT2D eigenvalue weighted by Gasteiger charge is -2.34. The number of aryl methyl sites for hydroxylation is 1.